The summed E-state index contributed by atoms with van der Waals surface area (Å²) in [6.45, 7) is 5.96. The molecule has 1 N–H and O–H groups in total. The highest BCUT2D eigenvalue weighted by Crippen LogP contribution is 2.30. The largest absolute Gasteiger partial charge is 0.490 e. The van der Waals surface area contributed by atoms with Crippen LogP contribution < -0.4 is 9.47 Å². The Labute approximate surface area is 169 Å². The zero-order chi connectivity index (χ0) is 21.6. The average Bonchev–Trinajstić information content (AvgIpc) is 2.73. The number of hydrogen-bond donors (Lipinski definition) is 1. The first-order valence-corrected chi connectivity index (χ1v) is 9.35. The van der Waals surface area contributed by atoms with Crippen molar-refractivity contribution < 1.29 is 29.0 Å². The molecule has 7 heteroatoms. The van der Waals surface area contributed by atoms with E-state index in [9.17, 15) is 14.4 Å². The number of ether oxygens (including phenoxy) is 2. The number of aliphatic carboxylic acids is 1. The molecule has 0 bridgehead atoms. The van der Waals surface area contributed by atoms with Gasteiger partial charge in [-0.1, -0.05) is 18.2 Å². The number of amides is 1. The standard InChI is InChI=1S/C22H25NO6/c1-5-28-18-12-11-15(13-19(18)29-6-2)20(24)16-9-7-8-10-17(16)21(25)23(4)14(3)22(26)27/h7-14H,5-6H2,1-4H3,(H,26,27). The second-order valence-corrected chi connectivity index (χ2v) is 6.33. The molecule has 2 aromatic rings. The summed E-state index contributed by atoms with van der Waals surface area (Å²) in [6.07, 6.45) is 0. The Kier molecular flexibility index (Phi) is 7.36. The topological polar surface area (TPSA) is 93.1 Å². The number of ketones is 1. The maximum Gasteiger partial charge on any atom is 0.326 e. The summed E-state index contributed by atoms with van der Waals surface area (Å²) in [4.78, 5) is 38.3. The van der Waals surface area contributed by atoms with Gasteiger partial charge >= 0.3 is 5.97 Å². The van der Waals surface area contributed by atoms with Gasteiger partial charge in [0.25, 0.3) is 5.91 Å². The van der Waals surface area contributed by atoms with Gasteiger partial charge in [-0.15, -0.1) is 0 Å². The van der Waals surface area contributed by atoms with Crippen LogP contribution in [0.25, 0.3) is 0 Å². The highest BCUT2D eigenvalue weighted by Gasteiger charge is 2.26. The predicted molar refractivity (Wildman–Crippen MR) is 108 cm³/mol. The number of nitrogens with zero attached hydrogens (tertiary/aromatic N) is 1. The minimum Gasteiger partial charge on any atom is -0.490 e. The molecular formula is C22H25NO6. The lowest BCUT2D eigenvalue weighted by Crippen LogP contribution is -2.40. The lowest BCUT2D eigenvalue weighted by molar-refractivity contribution is -0.141. The Balaban J connectivity index is 2.43. The van der Waals surface area contributed by atoms with Gasteiger partial charge in [0, 0.05) is 18.2 Å². The molecular weight excluding hydrogens is 374 g/mol. The van der Waals surface area contributed by atoms with E-state index in [-0.39, 0.29) is 16.9 Å². The molecule has 0 spiro atoms. The summed E-state index contributed by atoms with van der Waals surface area (Å²) in [5.74, 6) is -1.06. The highest BCUT2D eigenvalue weighted by atomic mass is 16.5. The Bertz CT molecular complexity index is 908. The zero-order valence-electron chi connectivity index (χ0n) is 17.0. The zero-order valence-corrected chi connectivity index (χ0v) is 17.0. The van der Waals surface area contributed by atoms with Crippen molar-refractivity contribution in [3.8, 4) is 11.5 Å². The molecule has 1 unspecified atom stereocenters. The van der Waals surface area contributed by atoms with E-state index in [4.69, 9.17) is 14.6 Å². The Hall–Kier alpha value is -3.35. The predicted octanol–water partition coefficient (Wildman–Crippen LogP) is 3.26. The van der Waals surface area contributed by atoms with Gasteiger partial charge in [-0.3, -0.25) is 9.59 Å². The van der Waals surface area contributed by atoms with E-state index in [1.54, 1.807) is 36.4 Å². The second-order valence-electron chi connectivity index (χ2n) is 6.33. The Morgan fingerprint density at radius 3 is 2.14 bits per heavy atom. The fourth-order valence-electron chi connectivity index (χ4n) is 2.75. The molecule has 2 aromatic carbocycles. The van der Waals surface area contributed by atoms with Gasteiger partial charge in [0.15, 0.2) is 17.3 Å². The van der Waals surface area contributed by atoms with Crippen LogP contribution in [0.4, 0.5) is 0 Å². The number of carbonyl (C=O) groups is 3. The van der Waals surface area contributed by atoms with Gasteiger partial charge in [-0.05, 0) is 45.0 Å². The fourth-order valence-corrected chi connectivity index (χ4v) is 2.75. The summed E-state index contributed by atoms with van der Waals surface area (Å²) < 4.78 is 11.1. The fraction of sp³-hybridized carbons (Fsp3) is 0.318. The maximum absolute atomic E-state index is 13.1. The van der Waals surface area contributed by atoms with E-state index in [1.165, 1.54) is 20.0 Å². The number of carbonyl (C=O) groups excluding carboxylic acids is 2. The molecule has 0 aliphatic carbocycles. The molecule has 0 saturated carbocycles. The minimum atomic E-state index is -1.13. The molecule has 29 heavy (non-hydrogen) atoms. The SMILES string of the molecule is CCOc1ccc(C(=O)c2ccccc2C(=O)N(C)C(C)C(=O)O)cc1OCC. The molecule has 0 radical (unpaired) electrons. The molecule has 1 atom stereocenters. The van der Waals surface area contributed by atoms with Crippen LogP contribution in [0.5, 0.6) is 11.5 Å². The Morgan fingerprint density at radius 2 is 1.55 bits per heavy atom. The molecule has 0 heterocycles. The molecule has 0 saturated heterocycles. The van der Waals surface area contributed by atoms with E-state index in [0.717, 1.165) is 4.90 Å². The number of rotatable bonds is 9. The van der Waals surface area contributed by atoms with Crippen molar-refractivity contribution in [2.24, 2.45) is 0 Å². The van der Waals surface area contributed by atoms with Gasteiger partial charge in [0.1, 0.15) is 6.04 Å². The third-order valence-electron chi connectivity index (χ3n) is 4.47. The molecule has 154 valence electrons. The van der Waals surface area contributed by atoms with Crippen molar-refractivity contribution in [1.29, 1.82) is 0 Å². The monoisotopic (exact) mass is 399 g/mol. The van der Waals surface area contributed by atoms with E-state index in [2.05, 4.69) is 0 Å². The van der Waals surface area contributed by atoms with Crippen LogP contribution in [0.2, 0.25) is 0 Å². The first kappa shape index (κ1) is 21.9. The first-order valence-electron chi connectivity index (χ1n) is 9.35. The van der Waals surface area contributed by atoms with Crippen molar-refractivity contribution in [3.63, 3.8) is 0 Å². The van der Waals surface area contributed by atoms with Gasteiger partial charge < -0.3 is 19.5 Å². The first-order chi connectivity index (χ1) is 13.8. The maximum atomic E-state index is 13.1. The quantitative estimate of drug-likeness (QED) is 0.651. The lowest BCUT2D eigenvalue weighted by atomic mass is 9.97. The van der Waals surface area contributed by atoms with Crippen molar-refractivity contribution in [3.05, 3.63) is 59.2 Å². The normalized spacial score (nSPS) is 11.4. The van der Waals surface area contributed by atoms with Crippen LogP contribution in [0.1, 0.15) is 47.1 Å². The molecule has 0 aromatic heterocycles. The molecule has 7 nitrogen and oxygen atoms in total. The summed E-state index contributed by atoms with van der Waals surface area (Å²) in [5, 5.41) is 9.17. The molecule has 2 rings (SSSR count). The number of likely N-dealkylation sites (N-methyl/N-ethyl adjacent to an activating group) is 1. The number of carboxylic acids is 1. The second kappa shape index (κ2) is 9.73. The third kappa shape index (κ3) is 4.93. The van der Waals surface area contributed by atoms with Crippen LogP contribution in [0.15, 0.2) is 42.5 Å². The van der Waals surface area contributed by atoms with Crippen molar-refractivity contribution in [1.82, 2.24) is 4.90 Å². The molecule has 1 amide bonds. The molecule has 0 aliphatic heterocycles. The van der Waals surface area contributed by atoms with Crippen molar-refractivity contribution >= 4 is 17.7 Å². The van der Waals surface area contributed by atoms with Crippen LogP contribution in [0.3, 0.4) is 0 Å². The summed E-state index contributed by atoms with van der Waals surface area (Å²) in [7, 11) is 1.40. The summed E-state index contributed by atoms with van der Waals surface area (Å²) in [5.41, 5.74) is 0.666. The van der Waals surface area contributed by atoms with E-state index in [0.29, 0.717) is 30.3 Å². The van der Waals surface area contributed by atoms with Crippen molar-refractivity contribution in [2.75, 3.05) is 20.3 Å². The Morgan fingerprint density at radius 1 is 0.966 bits per heavy atom. The molecule has 0 aliphatic rings. The van der Waals surface area contributed by atoms with Crippen LogP contribution in [0, 0.1) is 0 Å². The van der Waals surface area contributed by atoms with Gasteiger partial charge in [0.2, 0.25) is 0 Å². The number of benzene rings is 2. The smallest absolute Gasteiger partial charge is 0.326 e. The van der Waals surface area contributed by atoms with E-state index >= 15 is 0 Å². The summed E-state index contributed by atoms with van der Waals surface area (Å²) in [6, 6.07) is 10.2. The van der Waals surface area contributed by atoms with E-state index < -0.39 is 17.9 Å². The minimum absolute atomic E-state index is 0.139. The van der Waals surface area contributed by atoms with E-state index in [1.807, 2.05) is 13.8 Å². The number of carboxylic acid groups (broad SMARTS) is 1. The lowest BCUT2D eigenvalue weighted by Gasteiger charge is -2.22. The van der Waals surface area contributed by atoms with Gasteiger partial charge in [-0.25, -0.2) is 4.79 Å². The van der Waals surface area contributed by atoms with Gasteiger partial charge in [0.05, 0.1) is 18.8 Å². The van der Waals surface area contributed by atoms with Crippen molar-refractivity contribution in [2.45, 2.75) is 26.8 Å². The van der Waals surface area contributed by atoms with Crippen LogP contribution >= 0.6 is 0 Å². The number of hydrogen-bond acceptors (Lipinski definition) is 5. The highest BCUT2D eigenvalue weighted by molar-refractivity contribution is 6.15. The third-order valence-corrected chi connectivity index (χ3v) is 4.47. The summed E-state index contributed by atoms with van der Waals surface area (Å²) >= 11 is 0. The molecule has 0 fully saturated rings. The van der Waals surface area contributed by atoms with Crippen LogP contribution in [-0.4, -0.2) is 54.0 Å². The van der Waals surface area contributed by atoms with Gasteiger partial charge in [-0.2, -0.15) is 0 Å². The average molecular weight is 399 g/mol. The van der Waals surface area contributed by atoms with Crippen LogP contribution in [-0.2, 0) is 4.79 Å².